The molecule has 3 aromatic heterocycles. The lowest BCUT2D eigenvalue weighted by Gasteiger charge is -2.22. The number of aromatic nitrogens is 3. The number of carbonyl (C=O) groups is 3. The van der Waals surface area contributed by atoms with Crippen LogP contribution < -0.4 is 15.0 Å². The maximum absolute atomic E-state index is 11.2. The third-order valence-electron chi connectivity index (χ3n) is 12.7. The van der Waals surface area contributed by atoms with Gasteiger partial charge in [-0.25, -0.2) is 29.3 Å². The van der Waals surface area contributed by atoms with Gasteiger partial charge in [0.15, 0.2) is 16.7 Å². The van der Waals surface area contributed by atoms with Crippen LogP contribution >= 0.6 is 0 Å². The molecule has 0 aliphatic carbocycles. The quantitative estimate of drug-likeness (QED) is 0.0565. The number of oxazole rings is 3. The standard InChI is InChI=1S/C20H21N3O3.C20H22N2O4.C20H13NO4/c1-22-8-3-9-23(11-10-22)16-6-7-17-18(13-16)26-19(21-17)14-4-2-5-15(12-14)20(24)25;23-11-4-2-1-3-10-21-16-8-9-17-18(13-16)26-19(22-17)14-6-5-7-15(12-14)20(24)25;22-20(23)14-6-4-5-13(11-14)19-21-17-10-9-16(12-18(17)25-19)24-15-7-2-1-3-8-15/h2,4-7,12-13H,3,8-11H2,1H3,(H,24,25);5-9,12-13,21,23H,1-4,10-11H2,(H,24,25);1-12H,(H,22,23). The topological polar surface area (TPSA) is 238 Å². The van der Waals surface area contributed by atoms with Crippen LogP contribution in [0.3, 0.4) is 0 Å². The minimum Gasteiger partial charge on any atom is -0.478 e. The fourth-order valence-corrected chi connectivity index (χ4v) is 8.59. The molecule has 1 aliphatic heterocycles. The molecule has 17 nitrogen and oxygen atoms in total. The van der Waals surface area contributed by atoms with E-state index in [0.717, 1.165) is 98.6 Å². The van der Waals surface area contributed by atoms with E-state index in [0.29, 0.717) is 56.8 Å². The number of hydrogen-bond acceptors (Lipinski definition) is 14. The van der Waals surface area contributed by atoms with E-state index in [1.807, 2.05) is 78.9 Å². The van der Waals surface area contributed by atoms with Crippen molar-refractivity contribution in [1.82, 2.24) is 19.9 Å². The SMILES string of the molecule is CN1CCCN(c2ccc3nc(-c4cccc(C(=O)O)c4)oc3c2)CC1.O=C(O)c1cccc(-c2nc3ccc(NCCCCCCO)cc3o2)c1.O=C(O)c1cccc(-c2nc3ccc(Oc4ccccc4)cc3o2)c1. The van der Waals surface area contributed by atoms with E-state index < -0.39 is 17.9 Å². The number of aromatic carboxylic acids is 3. The van der Waals surface area contributed by atoms with E-state index in [-0.39, 0.29) is 23.3 Å². The summed E-state index contributed by atoms with van der Waals surface area (Å²) in [5.41, 5.74) is 8.75. The molecule has 4 heterocycles. The lowest BCUT2D eigenvalue weighted by Crippen LogP contribution is -2.28. The van der Waals surface area contributed by atoms with Gasteiger partial charge >= 0.3 is 17.9 Å². The molecule has 0 bridgehead atoms. The Labute approximate surface area is 442 Å². The summed E-state index contributed by atoms with van der Waals surface area (Å²) >= 11 is 0. The van der Waals surface area contributed by atoms with E-state index in [1.165, 1.54) is 18.2 Å². The molecule has 7 aromatic carbocycles. The van der Waals surface area contributed by atoms with Gasteiger partial charge in [0.1, 0.15) is 28.0 Å². The predicted molar refractivity (Wildman–Crippen MR) is 294 cm³/mol. The van der Waals surface area contributed by atoms with Gasteiger partial charge in [-0.15, -0.1) is 0 Å². The first-order valence-corrected chi connectivity index (χ1v) is 25.2. The van der Waals surface area contributed by atoms with Crippen LogP contribution in [0.4, 0.5) is 11.4 Å². The maximum atomic E-state index is 11.2. The molecule has 11 rings (SSSR count). The van der Waals surface area contributed by atoms with Gasteiger partial charge in [0.05, 0.1) is 16.7 Å². The molecule has 5 N–H and O–H groups in total. The molecule has 0 saturated carbocycles. The second-order valence-electron chi connectivity index (χ2n) is 18.3. The number of anilines is 2. The summed E-state index contributed by atoms with van der Waals surface area (Å²) < 4.78 is 23.3. The minimum atomic E-state index is -0.989. The number of benzene rings is 7. The van der Waals surface area contributed by atoms with Gasteiger partial charge in [0, 0.05) is 79.1 Å². The number of carboxylic acids is 3. The molecule has 0 atom stereocenters. The van der Waals surface area contributed by atoms with Gasteiger partial charge in [0.2, 0.25) is 17.7 Å². The summed E-state index contributed by atoms with van der Waals surface area (Å²) in [5.74, 6) is -0.340. The third-order valence-corrected chi connectivity index (χ3v) is 12.7. The molecule has 10 aromatic rings. The predicted octanol–water partition coefficient (Wildman–Crippen LogP) is 12.5. The molecular formula is C60H56N6O11. The number of para-hydroxylation sites is 1. The van der Waals surface area contributed by atoms with E-state index in [1.54, 1.807) is 54.6 Å². The molecule has 1 saturated heterocycles. The molecule has 0 amide bonds. The number of likely N-dealkylation sites (N-methyl/N-ethyl adjacent to an activating group) is 1. The Morgan fingerprint density at radius 3 is 1.60 bits per heavy atom. The summed E-state index contributed by atoms with van der Waals surface area (Å²) in [4.78, 5) is 51.5. The Kier molecular flexibility index (Phi) is 16.9. The van der Waals surface area contributed by atoms with Crippen molar-refractivity contribution < 1.29 is 52.8 Å². The molecule has 1 aliphatic rings. The van der Waals surface area contributed by atoms with Crippen molar-refractivity contribution in [3.63, 3.8) is 0 Å². The number of carboxylic acid groups (broad SMARTS) is 3. The van der Waals surface area contributed by atoms with Crippen LogP contribution in [0, 0.1) is 0 Å². The van der Waals surface area contributed by atoms with Crippen LogP contribution in [0.1, 0.15) is 63.2 Å². The molecule has 0 unspecified atom stereocenters. The summed E-state index contributed by atoms with van der Waals surface area (Å²) in [6.07, 6.45) is 5.16. The van der Waals surface area contributed by atoms with Crippen molar-refractivity contribution in [1.29, 1.82) is 0 Å². The number of hydrogen-bond donors (Lipinski definition) is 5. The number of aliphatic hydroxyl groups excluding tert-OH is 1. The van der Waals surface area contributed by atoms with Gasteiger partial charge in [-0.2, -0.15) is 0 Å². The van der Waals surface area contributed by atoms with E-state index in [9.17, 15) is 14.4 Å². The first-order valence-electron chi connectivity index (χ1n) is 25.2. The summed E-state index contributed by atoms with van der Waals surface area (Å²) in [7, 11) is 2.15. The van der Waals surface area contributed by atoms with Crippen molar-refractivity contribution >= 4 is 62.6 Å². The Morgan fingerprint density at radius 1 is 0.519 bits per heavy atom. The molecule has 1 fully saturated rings. The summed E-state index contributed by atoms with van der Waals surface area (Å²) in [6, 6.07) is 46.3. The Bertz CT molecular complexity index is 3650. The van der Waals surface area contributed by atoms with Gasteiger partial charge < -0.3 is 53.5 Å². The average Bonchev–Trinajstić information content (AvgIpc) is 4.19. The number of nitrogens with one attached hydrogen (secondary N) is 1. The third kappa shape index (κ3) is 13.7. The highest BCUT2D eigenvalue weighted by Crippen LogP contribution is 2.32. The van der Waals surface area contributed by atoms with Crippen molar-refractivity contribution in [2.24, 2.45) is 0 Å². The second kappa shape index (κ2) is 24.8. The zero-order chi connectivity index (χ0) is 53.7. The van der Waals surface area contributed by atoms with Crippen LogP contribution in [0.25, 0.3) is 67.7 Å². The van der Waals surface area contributed by atoms with Gasteiger partial charge in [-0.05, 0) is 136 Å². The van der Waals surface area contributed by atoms with Gasteiger partial charge in [-0.1, -0.05) is 49.2 Å². The average molecular weight is 1040 g/mol. The number of aliphatic hydroxyl groups is 1. The zero-order valence-electron chi connectivity index (χ0n) is 42.2. The van der Waals surface area contributed by atoms with Crippen LogP contribution in [-0.4, -0.2) is 105 Å². The van der Waals surface area contributed by atoms with Gasteiger partial charge in [0.25, 0.3) is 0 Å². The second-order valence-corrected chi connectivity index (χ2v) is 18.3. The van der Waals surface area contributed by atoms with Crippen LogP contribution in [0.2, 0.25) is 0 Å². The zero-order valence-corrected chi connectivity index (χ0v) is 42.2. The van der Waals surface area contributed by atoms with Crippen LogP contribution in [0.5, 0.6) is 11.5 Å². The van der Waals surface area contributed by atoms with Crippen molar-refractivity contribution in [3.8, 4) is 45.9 Å². The van der Waals surface area contributed by atoms with Crippen molar-refractivity contribution in [2.75, 3.05) is 56.6 Å². The first-order chi connectivity index (χ1) is 37.5. The fraction of sp³-hybridized carbons (Fsp3) is 0.200. The Hall–Kier alpha value is -9.32. The normalized spacial score (nSPS) is 12.6. The minimum absolute atomic E-state index is 0.188. The number of fused-ring (bicyclic) bond motifs is 3. The van der Waals surface area contributed by atoms with Crippen LogP contribution in [-0.2, 0) is 0 Å². The van der Waals surface area contributed by atoms with Crippen molar-refractivity contribution in [3.05, 3.63) is 174 Å². The number of nitrogens with zero attached hydrogens (tertiary/aromatic N) is 5. The lowest BCUT2D eigenvalue weighted by molar-refractivity contribution is 0.0686. The highest BCUT2D eigenvalue weighted by molar-refractivity contribution is 5.91. The number of rotatable bonds is 16. The lowest BCUT2D eigenvalue weighted by atomic mass is 10.1. The van der Waals surface area contributed by atoms with Crippen molar-refractivity contribution in [2.45, 2.75) is 32.1 Å². The largest absolute Gasteiger partial charge is 0.478 e. The summed E-state index contributed by atoms with van der Waals surface area (Å²) in [6.45, 7) is 5.29. The van der Waals surface area contributed by atoms with Crippen LogP contribution in [0.15, 0.2) is 171 Å². The summed E-state index contributed by atoms with van der Waals surface area (Å²) in [5, 5.41) is 39.5. The molecule has 17 heteroatoms. The molecule has 392 valence electrons. The Balaban J connectivity index is 0.000000141. The number of ether oxygens (including phenoxy) is 1. The number of unbranched alkanes of at least 4 members (excludes halogenated alkanes) is 3. The van der Waals surface area contributed by atoms with Gasteiger partial charge in [-0.3, -0.25) is 0 Å². The monoisotopic (exact) mass is 1040 g/mol. The van der Waals surface area contributed by atoms with E-state index in [2.05, 4.69) is 43.2 Å². The smallest absolute Gasteiger partial charge is 0.335 e. The first kappa shape index (κ1) is 52.5. The maximum Gasteiger partial charge on any atom is 0.335 e. The van der Waals surface area contributed by atoms with E-state index in [4.69, 9.17) is 38.4 Å². The molecule has 0 spiro atoms. The fourth-order valence-electron chi connectivity index (χ4n) is 8.59. The highest BCUT2D eigenvalue weighted by Gasteiger charge is 2.17. The van der Waals surface area contributed by atoms with E-state index >= 15 is 0 Å². The Morgan fingerprint density at radius 2 is 1.04 bits per heavy atom. The molecule has 0 radical (unpaired) electrons. The molecular weight excluding hydrogens is 981 g/mol. The highest BCUT2D eigenvalue weighted by atomic mass is 16.5. The molecule has 77 heavy (non-hydrogen) atoms.